The molecule has 2 saturated carbocycles. The number of hydrogen-bond donors (Lipinski definition) is 4. The van der Waals surface area contributed by atoms with Crippen LogP contribution >= 0.6 is 0 Å². The summed E-state index contributed by atoms with van der Waals surface area (Å²) in [6.07, 6.45) is 1.36. The van der Waals surface area contributed by atoms with Gasteiger partial charge in [0.15, 0.2) is 11.5 Å². The second-order valence-electron chi connectivity index (χ2n) is 11.8. The Balaban J connectivity index is 0.000000242. The molecule has 0 bridgehead atoms. The van der Waals surface area contributed by atoms with Gasteiger partial charge in [0.2, 0.25) is 5.91 Å². The topological polar surface area (TPSA) is 146 Å². The van der Waals surface area contributed by atoms with Gasteiger partial charge in [0.05, 0.1) is 31.2 Å². The summed E-state index contributed by atoms with van der Waals surface area (Å²) in [5, 5.41) is 9.61. The number of piperidine rings is 1. The van der Waals surface area contributed by atoms with Crippen molar-refractivity contribution in [1.82, 2.24) is 26.4 Å². The van der Waals surface area contributed by atoms with Gasteiger partial charge in [0.25, 0.3) is 11.8 Å². The van der Waals surface area contributed by atoms with Crippen LogP contribution in [0.1, 0.15) is 67.2 Å². The highest BCUT2D eigenvalue weighted by Gasteiger charge is 2.65. The minimum absolute atomic E-state index is 0.0498. The summed E-state index contributed by atoms with van der Waals surface area (Å²) in [5.41, 5.74) is 1.13. The second-order valence-corrected chi connectivity index (χ2v) is 11.8. The van der Waals surface area contributed by atoms with Gasteiger partial charge in [0, 0.05) is 6.54 Å². The Morgan fingerprint density at radius 1 is 1.21 bits per heavy atom. The van der Waals surface area contributed by atoms with E-state index in [1.807, 2.05) is 13.8 Å². The lowest BCUT2D eigenvalue weighted by molar-refractivity contribution is -0.132. The second kappa shape index (κ2) is 12.2. The maximum Gasteiger partial charge on any atom is 0.428 e. The van der Waals surface area contributed by atoms with E-state index in [1.54, 1.807) is 6.92 Å². The summed E-state index contributed by atoms with van der Waals surface area (Å²) >= 11 is 0. The molecule has 4 aliphatic rings. The van der Waals surface area contributed by atoms with Crippen molar-refractivity contribution in [3.63, 3.8) is 0 Å². The third-order valence-corrected chi connectivity index (χ3v) is 8.67. The van der Waals surface area contributed by atoms with Crippen molar-refractivity contribution in [2.45, 2.75) is 85.0 Å². The van der Waals surface area contributed by atoms with Crippen molar-refractivity contribution in [1.29, 1.82) is 0 Å². The number of fused-ring (bicyclic) bond motifs is 1. The molecule has 2 heterocycles. The van der Waals surface area contributed by atoms with Crippen molar-refractivity contribution in [3.8, 4) is 0 Å². The molecule has 0 spiro atoms. The minimum atomic E-state index is -1.69. The minimum Gasteiger partial charge on any atom is -0.448 e. The molecule has 6 atom stereocenters. The smallest absolute Gasteiger partial charge is 0.428 e. The first-order valence-corrected chi connectivity index (χ1v) is 14.0. The number of carbonyl (C=O) groups excluding carboxylic acids is 5. The molecule has 12 heteroatoms. The Morgan fingerprint density at radius 2 is 1.87 bits per heavy atom. The van der Waals surface area contributed by atoms with Crippen LogP contribution in [0.3, 0.4) is 0 Å². The molecule has 0 aromatic carbocycles. The summed E-state index contributed by atoms with van der Waals surface area (Å²) in [7, 11) is 0. The Kier molecular flexibility index (Phi) is 9.61. The quantitative estimate of drug-likeness (QED) is 0.316. The number of rotatable bonds is 9. The number of ketones is 1. The fourth-order valence-corrected chi connectivity index (χ4v) is 5.57. The molecule has 2 saturated heterocycles. The fraction of sp³-hybridized carbons (Fsp3) is 0.815. The highest BCUT2D eigenvalue weighted by Crippen LogP contribution is 2.62. The zero-order valence-electron chi connectivity index (χ0n) is 23.9. The van der Waals surface area contributed by atoms with Gasteiger partial charge in [0.1, 0.15) is 0 Å². The summed E-state index contributed by atoms with van der Waals surface area (Å²) in [6, 6.07) is -0.852. The maximum atomic E-state index is 13.4. The van der Waals surface area contributed by atoms with Crippen molar-refractivity contribution in [2.75, 3.05) is 26.2 Å². The van der Waals surface area contributed by atoms with Gasteiger partial charge in [-0.25, -0.2) is 14.2 Å². The van der Waals surface area contributed by atoms with E-state index < -0.39 is 23.7 Å². The van der Waals surface area contributed by atoms with Gasteiger partial charge in [-0.1, -0.05) is 34.1 Å². The van der Waals surface area contributed by atoms with Crippen molar-refractivity contribution >= 4 is 29.6 Å². The highest BCUT2D eigenvalue weighted by molar-refractivity contribution is 5.93. The first kappa shape index (κ1) is 30.8. The van der Waals surface area contributed by atoms with Crippen LogP contribution in [0, 0.1) is 29.1 Å². The molecule has 39 heavy (non-hydrogen) atoms. The lowest BCUT2D eigenvalue weighted by Gasteiger charge is -2.27. The molecule has 4 N–H and O–H groups in total. The third-order valence-electron chi connectivity index (χ3n) is 8.67. The van der Waals surface area contributed by atoms with E-state index in [-0.39, 0.29) is 72.8 Å². The summed E-state index contributed by atoms with van der Waals surface area (Å²) in [4.78, 5) is 59.2. The number of hydrogen-bond acceptors (Lipinski definition) is 7. The Hall–Kier alpha value is -2.76. The van der Waals surface area contributed by atoms with E-state index in [0.717, 1.165) is 18.0 Å². The van der Waals surface area contributed by atoms with Crippen LogP contribution in [0.15, 0.2) is 0 Å². The molecule has 0 radical (unpaired) electrons. The Bertz CT molecular complexity index is 970. The number of halogens is 1. The Morgan fingerprint density at radius 3 is 2.33 bits per heavy atom. The number of carbonyl (C=O) groups is 5. The number of amides is 4. The average molecular weight is 554 g/mol. The van der Waals surface area contributed by atoms with Crippen molar-refractivity contribution in [2.24, 2.45) is 29.1 Å². The number of alkyl halides is 1. The van der Waals surface area contributed by atoms with E-state index in [9.17, 15) is 28.4 Å². The standard InChI is InChI=1S/C16H26N4O4.C11H18FNO2/c1-4-24-15(23)20(8-9-5-6-17-13(9)21)19-14(22)12-11-10(7-18-12)16(11,2)3;1-4-7(2)9(8(3)14)13-10(15)11(12)5-6-11/h9-12,18H,4-8H2,1-3H3,(H,17,21)(H,19,22);7,9H,4-6H2,1-3H3,(H,13,15)/t9?,10?,11?,12-;7-,9-/m00/s1. The number of hydrazine groups is 1. The van der Waals surface area contributed by atoms with Crippen LogP contribution in [-0.2, 0) is 23.9 Å². The van der Waals surface area contributed by atoms with Crippen LogP contribution in [0.2, 0.25) is 0 Å². The molecule has 0 aromatic rings. The average Bonchev–Trinajstić information content (AvgIpc) is 3.54. The number of ether oxygens (including phenoxy) is 1. The van der Waals surface area contributed by atoms with Gasteiger partial charge in [-0.15, -0.1) is 0 Å². The Labute approximate surface area is 229 Å². The van der Waals surface area contributed by atoms with E-state index in [2.05, 4.69) is 35.2 Å². The van der Waals surface area contributed by atoms with Crippen LogP contribution < -0.4 is 21.4 Å². The zero-order chi connectivity index (χ0) is 29.1. The molecule has 0 aromatic heterocycles. The highest BCUT2D eigenvalue weighted by atomic mass is 19.1. The molecule has 4 fully saturated rings. The van der Waals surface area contributed by atoms with Gasteiger partial charge >= 0.3 is 6.09 Å². The molecular weight excluding hydrogens is 509 g/mol. The molecular formula is C27H44FN5O6. The van der Waals surface area contributed by atoms with Crippen LogP contribution in [0.5, 0.6) is 0 Å². The summed E-state index contributed by atoms with van der Waals surface area (Å²) in [6.45, 7) is 13.0. The first-order valence-electron chi connectivity index (χ1n) is 14.0. The predicted octanol–water partition coefficient (Wildman–Crippen LogP) is 1.46. The van der Waals surface area contributed by atoms with E-state index >= 15 is 0 Å². The van der Waals surface area contributed by atoms with Crippen LogP contribution in [0.25, 0.3) is 0 Å². The lowest BCUT2D eigenvalue weighted by Crippen LogP contribution is -2.55. The van der Waals surface area contributed by atoms with E-state index in [0.29, 0.717) is 18.9 Å². The summed E-state index contributed by atoms with van der Waals surface area (Å²) in [5.74, 6) is -0.545. The van der Waals surface area contributed by atoms with Gasteiger partial charge in [-0.3, -0.25) is 24.6 Å². The molecule has 4 amide bonds. The fourth-order valence-electron chi connectivity index (χ4n) is 5.57. The molecule has 11 nitrogen and oxygen atoms in total. The van der Waals surface area contributed by atoms with Crippen LogP contribution in [-0.4, -0.2) is 78.6 Å². The summed E-state index contributed by atoms with van der Waals surface area (Å²) < 4.78 is 18.4. The van der Waals surface area contributed by atoms with Crippen molar-refractivity contribution < 1.29 is 33.1 Å². The van der Waals surface area contributed by atoms with Gasteiger partial charge in [-0.2, -0.15) is 0 Å². The lowest BCUT2D eigenvalue weighted by atomic mass is 9.96. The monoisotopic (exact) mass is 553 g/mol. The number of nitrogens with zero attached hydrogens (tertiary/aromatic N) is 1. The van der Waals surface area contributed by atoms with Crippen LogP contribution in [0.4, 0.5) is 9.18 Å². The predicted molar refractivity (Wildman–Crippen MR) is 141 cm³/mol. The van der Waals surface area contributed by atoms with Gasteiger partial charge in [-0.05, 0) is 62.8 Å². The molecule has 2 aliphatic heterocycles. The maximum absolute atomic E-state index is 13.4. The molecule has 3 unspecified atom stereocenters. The molecule has 2 aliphatic carbocycles. The number of Topliss-reactive ketones (excluding diaryl/α,β-unsaturated/α-hetero) is 1. The molecule has 4 rings (SSSR count). The van der Waals surface area contributed by atoms with E-state index in [1.165, 1.54) is 6.92 Å². The number of nitrogens with one attached hydrogen (secondary N) is 4. The van der Waals surface area contributed by atoms with E-state index in [4.69, 9.17) is 4.74 Å². The van der Waals surface area contributed by atoms with Crippen molar-refractivity contribution in [3.05, 3.63) is 0 Å². The van der Waals surface area contributed by atoms with Gasteiger partial charge < -0.3 is 20.7 Å². The molecule has 220 valence electrons. The SMILES string of the molecule is CCOC(=O)N(CC1CCNC1=O)NC(=O)[C@H]1NCC2C1C2(C)C.CC[C@H](C)[C@H](NC(=O)C1(F)CC1)C(C)=O. The normalized spacial score (nSPS) is 28.4. The largest absolute Gasteiger partial charge is 0.448 e. The first-order chi connectivity index (χ1) is 18.3. The zero-order valence-corrected chi connectivity index (χ0v) is 23.9. The third kappa shape index (κ3) is 7.06.